The van der Waals surface area contributed by atoms with Crippen LogP contribution >= 0.6 is 23.2 Å². The maximum atomic E-state index is 13.3. The van der Waals surface area contributed by atoms with E-state index in [2.05, 4.69) is 30.4 Å². The van der Waals surface area contributed by atoms with Crippen molar-refractivity contribution in [2.45, 2.75) is 0 Å². The van der Waals surface area contributed by atoms with E-state index in [0.717, 1.165) is 0 Å². The number of hydrogen-bond acceptors (Lipinski definition) is 6. The van der Waals surface area contributed by atoms with Crippen LogP contribution in [-0.4, -0.2) is 29.7 Å². The molecule has 0 aliphatic heterocycles. The Kier molecular flexibility index (Phi) is 3.63. The van der Waals surface area contributed by atoms with Gasteiger partial charge in [-0.2, -0.15) is 24.7 Å². The molecular weight excluding hydrogens is 320 g/mol. The monoisotopic (exact) mass is 325 g/mol. The third-order valence-corrected chi connectivity index (χ3v) is 2.73. The van der Waals surface area contributed by atoms with E-state index in [1.165, 1.54) is 35.5 Å². The third-order valence-electron chi connectivity index (χ3n) is 2.34. The molecule has 10 heteroatoms. The Balaban J connectivity index is 1.95. The predicted octanol–water partition coefficient (Wildman–Crippen LogP) is 2.64. The van der Waals surface area contributed by atoms with Crippen LogP contribution < -0.4 is 5.32 Å². The Morgan fingerprint density at radius 1 is 1.10 bits per heavy atom. The van der Waals surface area contributed by atoms with Gasteiger partial charge in [-0.05, 0) is 29.8 Å². The molecule has 0 aliphatic carbocycles. The van der Waals surface area contributed by atoms with Crippen molar-refractivity contribution in [3.63, 3.8) is 0 Å². The first-order valence-electron chi connectivity index (χ1n) is 5.60. The van der Waals surface area contributed by atoms with Gasteiger partial charge in [0.1, 0.15) is 18.5 Å². The summed E-state index contributed by atoms with van der Waals surface area (Å²) in [6.45, 7) is 0. The number of nitrogens with one attached hydrogen (secondary N) is 1. The fourth-order valence-corrected chi connectivity index (χ4v) is 1.94. The zero-order valence-electron chi connectivity index (χ0n) is 10.2. The average Bonchev–Trinajstić information content (AvgIpc) is 2.90. The molecule has 3 rings (SSSR count). The van der Waals surface area contributed by atoms with E-state index in [-0.39, 0.29) is 22.2 Å². The van der Waals surface area contributed by atoms with E-state index in [9.17, 15) is 4.39 Å². The van der Waals surface area contributed by atoms with Gasteiger partial charge < -0.3 is 5.32 Å². The maximum Gasteiger partial charge on any atom is 0.258 e. The van der Waals surface area contributed by atoms with Gasteiger partial charge in [-0.3, -0.25) is 0 Å². The summed E-state index contributed by atoms with van der Waals surface area (Å²) in [6, 6.07) is 3.96. The SMILES string of the molecule is Fc1cc(Cl)cc(Nc2nc(Cl)nc(-n3cncn3)n2)c1. The van der Waals surface area contributed by atoms with Crippen LogP contribution in [0.4, 0.5) is 16.0 Å². The number of halogens is 3. The van der Waals surface area contributed by atoms with Crippen molar-refractivity contribution in [3.8, 4) is 5.95 Å². The summed E-state index contributed by atoms with van der Waals surface area (Å²) < 4.78 is 14.6. The standard InChI is InChI=1S/C11H6Cl2FN7/c12-6-1-7(14)3-8(2-6)17-10-18-9(13)19-11(20-10)21-5-15-4-16-21/h1-5H,(H,17,18,19,20). The van der Waals surface area contributed by atoms with Crippen LogP contribution in [0.5, 0.6) is 0 Å². The molecule has 0 fully saturated rings. The first-order valence-corrected chi connectivity index (χ1v) is 6.35. The van der Waals surface area contributed by atoms with E-state index < -0.39 is 5.82 Å². The van der Waals surface area contributed by atoms with Crippen LogP contribution in [-0.2, 0) is 0 Å². The number of aromatic nitrogens is 6. The maximum absolute atomic E-state index is 13.3. The van der Waals surface area contributed by atoms with E-state index in [1.807, 2.05) is 0 Å². The molecule has 2 aromatic heterocycles. The number of hydrogen-bond donors (Lipinski definition) is 1. The van der Waals surface area contributed by atoms with Gasteiger partial charge >= 0.3 is 0 Å². The molecule has 0 saturated carbocycles. The third kappa shape index (κ3) is 3.23. The van der Waals surface area contributed by atoms with Crippen molar-refractivity contribution in [1.29, 1.82) is 0 Å². The van der Waals surface area contributed by atoms with Crippen molar-refractivity contribution in [2.24, 2.45) is 0 Å². The van der Waals surface area contributed by atoms with Gasteiger partial charge in [-0.15, -0.1) is 0 Å². The summed E-state index contributed by atoms with van der Waals surface area (Å²) in [5.74, 6) is -0.179. The van der Waals surface area contributed by atoms with Crippen molar-refractivity contribution in [2.75, 3.05) is 5.32 Å². The Morgan fingerprint density at radius 2 is 1.95 bits per heavy atom. The Bertz CT molecular complexity index is 758. The molecule has 106 valence electrons. The summed E-state index contributed by atoms with van der Waals surface area (Å²) in [5.41, 5.74) is 0.381. The largest absolute Gasteiger partial charge is 0.324 e. The smallest absolute Gasteiger partial charge is 0.258 e. The highest BCUT2D eigenvalue weighted by Crippen LogP contribution is 2.21. The van der Waals surface area contributed by atoms with Gasteiger partial charge in [0, 0.05) is 10.7 Å². The Hall–Kier alpha value is -2.32. The lowest BCUT2D eigenvalue weighted by atomic mass is 10.3. The van der Waals surface area contributed by atoms with Crippen LogP contribution in [0, 0.1) is 5.82 Å². The number of benzene rings is 1. The first kappa shape index (κ1) is 13.7. The molecule has 3 aromatic rings. The summed E-state index contributed by atoms with van der Waals surface area (Å²) >= 11 is 11.6. The number of nitrogens with zero attached hydrogens (tertiary/aromatic N) is 6. The van der Waals surface area contributed by atoms with E-state index >= 15 is 0 Å². The molecule has 0 saturated heterocycles. The van der Waals surface area contributed by atoms with E-state index in [4.69, 9.17) is 23.2 Å². The lowest BCUT2D eigenvalue weighted by molar-refractivity contribution is 0.628. The lowest BCUT2D eigenvalue weighted by Crippen LogP contribution is -2.07. The van der Waals surface area contributed by atoms with Gasteiger partial charge in [0.15, 0.2) is 0 Å². The second-order valence-corrected chi connectivity index (χ2v) is 4.63. The molecule has 1 aromatic carbocycles. The zero-order valence-corrected chi connectivity index (χ0v) is 11.7. The molecule has 0 bridgehead atoms. The van der Waals surface area contributed by atoms with E-state index in [0.29, 0.717) is 5.69 Å². The minimum Gasteiger partial charge on any atom is -0.324 e. The minimum absolute atomic E-state index is 0.0412. The Morgan fingerprint density at radius 3 is 2.67 bits per heavy atom. The topological polar surface area (TPSA) is 81.4 Å². The number of rotatable bonds is 3. The quantitative estimate of drug-likeness (QED) is 0.797. The predicted molar refractivity (Wildman–Crippen MR) is 74.4 cm³/mol. The molecule has 0 amide bonds. The van der Waals surface area contributed by atoms with Crippen LogP contribution in [0.1, 0.15) is 0 Å². The fraction of sp³-hybridized carbons (Fsp3) is 0. The van der Waals surface area contributed by atoms with Gasteiger partial charge in [0.25, 0.3) is 5.95 Å². The van der Waals surface area contributed by atoms with Gasteiger partial charge in [0.2, 0.25) is 11.2 Å². The highest BCUT2D eigenvalue weighted by Gasteiger charge is 2.08. The van der Waals surface area contributed by atoms with Crippen LogP contribution in [0.25, 0.3) is 5.95 Å². The van der Waals surface area contributed by atoms with Gasteiger partial charge in [-0.1, -0.05) is 11.6 Å². The van der Waals surface area contributed by atoms with Crippen molar-refractivity contribution in [1.82, 2.24) is 29.7 Å². The van der Waals surface area contributed by atoms with Crippen molar-refractivity contribution in [3.05, 3.63) is 47.0 Å². The average molecular weight is 326 g/mol. The molecule has 0 unspecified atom stereocenters. The first-order chi connectivity index (χ1) is 10.1. The molecular formula is C11H6Cl2FN7. The molecule has 1 N–H and O–H groups in total. The molecule has 0 atom stereocenters. The molecule has 0 aliphatic rings. The molecule has 2 heterocycles. The summed E-state index contributed by atoms with van der Waals surface area (Å²) in [5, 5.41) is 6.89. The summed E-state index contributed by atoms with van der Waals surface area (Å²) in [4.78, 5) is 15.7. The molecule has 21 heavy (non-hydrogen) atoms. The Labute approximate surface area is 127 Å². The van der Waals surface area contributed by atoms with Crippen molar-refractivity contribution < 1.29 is 4.39 Å². The molecule has 7 nitrogen and oxygen atoms in total. The normalized spacial score (nSPS) is 10.6. The molecule has 0 spiro atoms. The van der Waals surface area contributed by atoms with Crippen molar-refractivity contribution >= 4 is 34.8 Å². The summed E-state index contributed by atoms with van der Waals surface area (Å²) in [6.07, 6.45) is 2.74. The number of anilines is 2. The van der Waals surface area contributed by atoms with Gasteiger partial charge in [0.05, 0.1) is 0 Å². The lowest BCUT2D eigenvalue weighted by Gasteiger charge is -2.07. The van der Waals surface area contributed by atoms with Gasteiger partial charge in [-0.25, -0.2) is 9.37 Å². The van der Waals surface area contributed by atoms with Crippen LogP contribution in [0.3, 0.4) is 0 Å². The highest BCUT2D eigenvalue weighted by molar-refractivity contribution is 6.30. The molecule has 0 radical (unpaired) electrons. The fourth-order valence-electron chi connectivity index (χ4n) is 1.56. The zero-order chi connectivity index (χ0) is 14.8. The summed E-state index contributed by atoms with van der Waals surface area (Å²) in [7, 11) is 0. The minimum atomic E-state index is -0.485. The second-order valence-electron chi connectivity index (χ2n) is 3.85. The van der Waals surface area contributed by atoms with Crippen LogP contribution in [0.2, 0.25) is 10.3 Å². The second kappa shape index (κ2) is 5.58. The van der Waals surface area contributed by atoms with E-state index in [1.54, 1.807) is 0 Å². The van der Waals surface area contributed by atoms with Crippen LogP contribution in [0.15, 0.2) is 30.9 Å². The highest BCUT2D eigenvalue weighted by atomic mass is 35.5.